The zero-order chi connectivity index (χ0) is 29.9. The first-order valence-corrected chi connectivity index (χ1v) is 12.6. The van der Waals surface area contributed by atoms with Crippen LogP contribution in [0.15, 0.2) is 0 Å². The topological polar surface area (TPSA) is 286 Å². The molecular formula is C22H38N2O16. The minimum Gasteiger partial charge on any atom is -0.394 e. The molecule has 3 heterocycles. The summed E-state index contributed by atoms with van der Waals surface area (Å²) in [7, 11) is 0. The zero-order valence-corrected chi connectivity index (χ0v) is 21.7. The number of carbonyl (C=O) groups is 2. The average Bonchev–Trinajstić information content (AvgIpc) is 2.90. The van der Waals surface area contributed by atoms with E-state index in [9.17, 15) is 55.5 Å². The molecule has 0 radical (unpaired) electrons. The van der Waals surface area contributed by atoms with Crippen LogP contribution in [0, 0.1) is 0 Å². The monoisotopic (exact) mass is 586 g/mol. The fourth-order valence-electron chi connectivity index (χ4n) is 4.87. The molecule has 18 nitrogen and oxygen atoms in total. The van der Waals surface area contributed by atoms with Crippen LogP contribution in [0.25, 0.3) is 0 Å². The molecule has 0 saturated carbocycles. The smallest absolute Gasteiger partial charge is 0.217 e. The summed E-state index contributed by atoms with van der Waals surface area (Å²) in [4.78, 5) is 23.5. The van der Waals surface area contributed by atoms with Crippen molar-refractivity contribution in [3.05, 3.63) is 0 Å². The molecular weight excluding hydrogens is 548 g/mol. The summed E-state index contributed by atoms with van der Waals surface area (Å²) in [6, 6.07) is -2.87. The number of ether oxygens (including phenoxy) is 5. The van der Waals surface area contributed by atoms with E-state index in [0.717, 1.165) is 13.8 Å². The first-order chi connectivity index (χ1) is 18.8. The minimum absolute atomic E-state index is 0.623. The van der Waals surface area contributed by atoms with Gasteiger partial charge in [-0.1, -0.05) is 0 Å². The Morgan fingerprint density at radius 1 is 0.600 bits per heavy atom. The Morgan fingerprint density at radius 3 is 1.57 bits per heavy atom. The fraction of sp³-hybridized carbons (Fsp3) is 0.909. The van der Waals surface area contributed by atoms with Gasteiger partial charge in [0, 0.05) is 13.8 Å². The van der Waals surface area contributed by atoms with Crippen LogP contribution in [0.5, 0.6) is 0 Å². The zero-order valence-electron chi connectivity index (χ0n) is 21.7. The molecule has 0 aromatic carbocycles. The van der Waals surface area contributed by atoms with Gasteiger partial charge in [-0.25, -0.2) is 0 Å². The number of amides is 2. The van der Waals surface area contributed by atoms with Crippen LogP contribution in [0.2, 0.25) is 0 Å². The summed E-state index contributed by atoms with van der Waals surface area (Å²) in [5.74, 6) is -1.30. The lowest BCUT2D eigenvalue weighted by atomic mass is 9.94. The van der Waals surface area contributed by atoms with E-state index in [-0.39, 0.29) is 0 Å². The Balaban J connectivity index is 1.85. The van der Waals surface area contributed by atoms with Crippen molar-refractivity contribution >= 4 is 11.8 Å². The van der Waals surface area contributed by atoms with Crippen LogP contribution >= 0.6 is 0 Å². The van der Waals surface area contributed by atoms with E-state index in [0.29, 0.717) is 0 Å². The Bertz CT molecular complexity index is 852. The Kier molecular flexibility index (Phi) is 11.5. The van der Waals surface area contributed by atoms with Gasteiger partial charge in [-0.15, -0.1) is 0 Å². The summed E-state index contributed by atoms with van der Waals surface area (Å²) < 4.78 is 27.7. The first kappa shape index (κ1) is 32.9. The number of nitrogens with one attached hydrogen (secondary N) is 2. The third kappa shape index (κ3) is 7.05. The van der Waals surface area contributed by atoms with Crippen LogP contribution in [0.1, 0.15) is 13.8 Å². The Hall–Kier alpha value is -1.62. The molecule has 11 N–H and O–H groups in total. The van der Waals surface area contributed by atoms with Crippen molar-refractivity contribution in [2.75, 3.05) is 19.8 Å². The Labute approximate surface area is 228 Å². The Morgan fingerprint density at radius 2 is 1.05 bits per heavy atom. The molecule has 0 aromatic heterocycles. The van der Waals surface area contributed by atoms with Crippen LogP contribution in [0.4, 0.5) is 0 Å². The molecule has 3 rings (SSSR count). The molecule has 3 fully saturated rings. The second kappa shape index (κ2) is 14.0. The van der Waals surface area contributed by atoms with Crippen molar-refractivity contribution in [2.45, 2.75) is 106 Å². The van der Waals surface area contributed by atoms with Crippen molar-refractivity contribution in [3.63, 3.8) is 0 Å². The summed E-state index contributed by atoms with van der Waals surface area (Å²) in [6.07, 6.45) is -21.1. The van der Waals surface area contributed by atoms with Crippen molar-refractivity contribution < 1.29 is 79.2 Å². The standard InChI is InChI=1S/C22H38N2O16/c1-6(28)23-11-14(31)18(9(4-26)36-20(11)35)39-21-12(24-7(2)29)15(32)19(10(5-27)38-21)40-22-17(34)16(33)13(30)8(3-25)37-22/h8-22,25-27,30-35H,3-5H2,1-2H3,(H,23,28)(H,24,29)/t8?,9?,10?,11?,12?,13-,14-,15-,16+,17?,18-,19-,20-,21+,22+/m1/s1. The van der Waals surface area contributed by atoms with Crippen molar-refractivity contribution in [1.82, 2.24) is 10.6 Å². The third-order valence-electron chi connectivity index (χ3n) is 6.90. The van der Waals surface area contributed by atoms with Crippen molar-refractivity contribution in [3.8, 4) is 0 Å². The highest BCUT2D eigenvalue weighted by Gasteiger charge is 2.54. The van der Waals surface area contributed by atoms with Gasteiger partial charge in [-0.2, -0.15) is 0 Å². The summed E-state index contributed by atoms with van der Waals surface area (Å²) in [5, 5.41) is 96.5. The maximum Gasteiger partial charge on any atom is 0.217 e. The fourth-order valence-corrected chi connectivity index (χ4v) is 4.87. The minimum atomic E-state index is -1.85. The van der Waals surface area contributed by atoms with Gasteiger partial charge in [-0.05, 0) is 0 Å². The summed E-state index contributed by atoms with van der Waals surface area (Å²) in [5.41, 5.74) is 0. The molecule has 40 heavy (non-hydrogen) atoms. The number of hydrogen-bond donors (Lipinski definition) is 11. The third-order valence-corrected chi connectivity index (χ3v) is 6.90. The second-order valence-electron chi connectivity index (χ2n) is 9.81. The van der Waals surface area contributed by atoms with Crippen LogP contribution in [0.3, 0.4) is 0 Å². The van der Waals surface area contributed by atoms with E-state index in [1.807, 2.05) is 0 Å². The maximum atomic E-state index is 12.0. The van der Waals surface area contributed by atoms with E-state index in [4.69, 9.17) is 23.7 Å². The number of rotatable bonds is 9. The van der Waals surface area contributed by atoms with Gasteiger partial charge in [0.15, 0.2) is 18.9 Å². The maximum absolute atomic E-state index is 12.0. The second-order valence-corrected chi connectivity index (χ2v) is 9.81. The highest BCUT2D eigenvalue weighted by molar-refractivity contribution is 5.73. The number of carbonyl (C=O) groups excluding carboxylic acids is 2. The highest BCUT2D eigenvalue weighted by Crippen LogP contribution is 2.32. The average molecular weight is 587 g/mol. The lowest BCUT2D eigenvalue weighted by Crippen LogP contribution is -2.70. The first-order valence-electron chi connectivity index (χ1n) is 12.6. The van der Waals surface area contributed by atoms with E-state index in [1.165, 1.54) is 0 Å². The largest absolute Gasteiger partial charge is 0.394 e. The van der Waals surface area contributed by atoms with Gasteiger partial charge in [0.2, 0.25) is 11.8 Å². The molecule has 15 atom stereocenters. The van der Waals surface area contributed by atoms with E-state index < -0.39 is 124 Å². The lowest BCUT2D eigenvalue weighted by Gasteiger charge is -2.49. The molecule has 3 aliphatic rings. The van der Waals surface area contributed by atoms with Crippen LogP contribution < -0.4 is 10.6 Å². The number of aliphatic hydroxyl groups excluding tert-OH is 9. The van der Waals surface area contributed by atoms with E-state index in [1.54, 1.807) is 0 Å². The van der Waals surface area contributed by atoms with Gasteiger partial charge < -0.3 is 80.3 Å². The predicted octanol–water partition coefficient (Wildman–Crippen LogP) is -7.29. The van der Waals surface area contributed by atoms with Crippen LogP contribution in [-0.2, 0) is 33.3 Å². The molecule has 3 saturated heterocycles. The number of aliphatic hydroxyl groups is 9. The summed E-state index contributed by atoms with van der Waals surface area (Å²) >= 11 is 0. The molecule has 0 spiro atoms. The van der Waals surface area contributed by atoms with Crippen molar-refractivity contribution in [1.29, 1.82) is 0 Å². The molecule has 18 heteroatoms. The van der Waals surface area contributed by atoms with Crippen LogP contribution in [-0.4, -0.2) is 170 Å². The normalized spacial score (nSPS) is 46.0. The number of hydrogen-bond acceptors (Lipinski definition) is 16. The lowest BCUT2D eigenvalue weighted by molar-refractivity contribution is -0.360. The van der Waals surface area contributed by atoms with Gasteiger partial charge in [0.25, 0.3) is 0 Å². The molecule has 2 amide bonds. The quantitative estimate of drug-likeness (QED) is 0.120. The van der Waals surface area contributed by atoms with Gasteiger partial charge in [0.1, 0.15) is 73.1 Å². The molecule has 6 unspecified atom stereocenters. The predicted molar refractivity (Wildman–Crippen MR) is 124 cm³/mol. The van der Waals surface area contributed by atoms with Gasteiger partial charge in [-0.3, -0.25) is 9.59 Å². The molecule has 0 aliphatic carbocycles. The highest BCUT2D eigenvalue weighted by atomic mass is 16.7. The van der Waals surface area contributed by atoms with E-state index in [2.05, 4.69) is 10.6 Å². The molecule has 0 aromatic rings. The van der Waals surface area contributed by atoms with Gasteiger partial charge >= 0.3 is 0 Å². The van der Waals surface area contributed by atoms with Crippen molar-refractivity contribution in [2.24, 2.45) is 0 Å². The molecule has 0 bridgehead atoms. The molecule has 3 aliphatic heterocycles. The SMILES string of the molecule is CC(=O)NC1[C@H](O[C@@H]2C(CO)O[C@@H](O)C(NC(C)=O)[C@H]2O)OC(CO)[C@@H](O[C@@H]2OC(CO)[C@@H](O)[C@H](O)C2O)[C@@H]1O. The summed E-state index contributed by atoms with van der Waals surface area (Å²) in [6.45, 7) is -0.117. The van der Waals surface area contributed by atoms with Gasteiger partial charge in [0.05, 0.1) is 19.8 Å². The molecule has 232 valence electrons. The van der Waals surface area contributed by atoms with E-state index >= 15 is 0 Å².